The van der Waals surface area contributed by atoms with E-state index in [0.29, 0.717) is 25.7 Å². The molecule has 0 aliphatic rings. The molecule has 0 amide bonds. The van der Waals surface area contributed by atoms with Crippen LogP contribution < -0.4 is 0 Å². The maximum Gasteiger partial charge on any atom is 0.472 e. The Morgan fingerprint density at radius 2 is 0.541 bits per heavy atom. The minimum absolute atomic E-state index is 0.105. The number of esters is 4. The van der Waals surface area contributed by atoms with E-state index in [0.717, 1.165) is 115 Å². The molecule has 504 valence electrons. The number of carbonyl (C=O) groups excluding carboxylic acids is 4. The number of rotatable bonds is 66. The molecule has 17 nitrogen and oxygen atoms in total. The second-order valence-electron chi connectivity index (χ2n) is 24.3. The molecule has 0 heterocycles. The number of carbonyl (C=O) groups is 4. The smallest absolute Gasteiger partial charge is 0.462 e. The molecule has 0 saturated carbocycles. The maximum atomic E-state index is 13.0. The van der Waals surface area contributed by atoms with Gasteiger partial charge in [-0.3, -0.25) is 37.3 Å². The first-order valence-electron chi connectivity index (χ1n) is 34.6. The molecule has 0 radical (unpaired) electrons. The average Bonchev–Trinajstić information content (AvgIpc) is 3.52. The predicted molar refractivity (Wildman–Crippen MR) is 340 cm³/mol. The van der Waals surface area contributed by atoms with E-state index in [1.54, 1.807) is 0 Å². The lowest BCUT2D eigenvalue weighted by molar-refractivity contribution is -0.161. The third-order valence-electron chi connectivity index (χ3n) is 15.3. The maximum absolute atomic E-state index is 13.0. The van der Waals surface area contributed by atoms with Crippen LogP contribution in [0.1, 0.15) is 336 Å². The Kier molecular flexibility index (Phi) is 58.3. The number of ether oxygens (including phenoxy) is 4. The number of aliphatic hydroxyl groups is 1. The molecule has 5 atom stereocenters. The summed E-state index contributed by atoms with van der Waals surface area (Å²) in [7, 11) is -9.88. The summed E-state index contributed by atoms with van der Waals surface area (Å²) in [6, 6.07) is 0. The number of phosphoric acid groups is 2. The number of unbranched alkanes of at least 4 members (excludes halogenated alkanes) is 38. The fourth-order valence-electron chi connectivity index (χ4n) is 9.94. The van der Waals surface area contributed by atoms with Gasteiger partial charge < -0.3 is 33.8 Å². The Hall–Kier alpha value is -1.94. The fourth-order valence-corrected chi connectivity index (χ4v) is 11.5. The van der Waals surface area contributed by atoms with Gasteiger partial charge in [0, 0.05) is 25.7 Å². The van der Waals surface area contributed by atoms with Gasteiger partial charge in [-0.05, 0) is 31.6 Å². The highest BCUT2D eigenvalue weighted by atomic mass is 31.2. The van der Waals surface area contributed by atoms with Crippen LogP contribution in [-0.4, -0.2) is 96.7 Å². The highest BCUT2D eigenvalue weighted by molar-refractivity contribution is 7.47. The Morgan fingerprint density at radius 3 is 0.800 bits per heavy atom. The first kappa shape index (κ1) is 83.1. The second kappa shape index (κ2) is 59.7. The summed E-state index contributed by atoms with van der Waals surface area (Å²) < 4.78 is 67.8. The Bertz CT molecular complexity index is 1650. The van der Waals surface area contributed by atoms with Gasteiger partial charge in [-0.2, -0.15) is 0 Å². The molecule has 0 aliphatic heterocycles. The largest absolute Gasteiger partial charge is 0.472 e. The molecule has 0 bridgehead atoms. The van der Waals surface area contributed by atoms with Crippen molar-refractivity contribution in [1.82, 2.24) is 0 Å². The predicted octanol–water partition coefficient (Wildman–Crippen LogP) is 18.6. The van der Waals surface area contributed by atoms with E-state index < -0.39 is 97.5 Å². The zero-order chi connectivity index (χ0) is 62.8. The van der Waals surface area contributed by atoms with Crippen molar-refractivity contribution in [2.45, 2.75) is 355 Å². The van der Waals surface area contributed by atoms with Crippen molar-refractivity contribution in [2.75, 3.05) is 39.6 Å². The van der Waals surface area contributed by atoms with Crippen molar-refractivity contribution < 1.29 is 80.2 Å². The van der Waals surface area contributed by atoms with Gasteiger partial charge in [0.25, 0.3) is 0 Å². The molecule has 19 heteroatoms. The molecule has 85 heavy (non-hydrogen) atoms. The van der Waals surface area contributed by atoms with Crippen LogP contribution in [0.2, 0.25) is 0 Å². The van der Waals surface area contributed by atoms with E-state index >= 15 is 0 Å². The molecule has 0 spiro atoms. The zero-order valence-electron chi connectivity index (χ0n) is 54.7. The van der Waals surface area contributed by atoms with Crippen LogP contribution in [0.3, 0.4) is 0 Å². The quantitative estimate of drug-likeness (QED) is 0.0222. The SMILES string of the molecule is CCCCCCCCCCC(=O)OC[C@H](COP(=O)(O)OC[C@H](O)COP(=O)(O)OC[C@@H](COC(=O)CCCCCCCCCC)OC(=O)CCCCCCCCCCCCCCCCCCCCC(C)C)OC(=O)CCCCCCCCCC. The van der Waals surface area contributed by atoms with Crippen molar-refractivity contribution in [3.8, 4) is 0 Å². The van der Waals surface area contributed by atoms with Gasteiger partial charge in [0.1, 0.15) is 19.3 Å². The molecule has 0 aromatic rings. The zero-order valence-corrected chi connectivity index (χ0v) is 56.5. The topological polar surface area (TPSA) is 237 Å². The minimum Gasteiger partial charge on any atom is -0.462 e. The van der Waals surface area contributed by atoms with Crippen molar-refractivity contribution in [1.29, 1.82) is 0 Å². The summed E-state index contributed by atoms with van der Waals surface area (Å²) in [6.45, 7) is 7.16. The van der Waals surface area contributed by atoms with E-state index in [1.807, 2.05) is 0 Å². The summed E-state index contributed by atoms with van der Waals surface area (Å²) in [5.74, 6) is -1.32. The van der Waals surface area contributed by atoms with Crippen molar-refractivity contribution in [3.05, 3.63) is 0 Å². The standard InChI is InChI=1S/C66H128O17P2/c1-6-9-12-15-18-34-39-44-49-63(68)76-55-61(82-65(70)51-46-41-36-20-17-14-11-8-3)57-80-84(72,73)78-53-60(67)54-79-85(74,75)81-58-62(56-77-64(69)50-45-40-35-19-16-13-10-7-2)83-66(71)52-47-42-37-32-30-28-26-24-22-21-23-25-27-29-31-33-38-43-48-59(4)5/h59-62,67H,6-58H2,1-5H3,(H,72,73)(H,74,75)/t60-,61+,62+/m0/s1. The minimum atomic E-state index is -4.94. The number of hydrogen-bond acceptors (Lipinski definition) is 15. The fraction of sp³-hybridized carbons (Fsp3) is 0.939. The monoisotopic (exact) mass is 1250 g/mol. The molecule has 2 unspecified atom stereocenters. The highest BCUT2D eigenvalue weighted by Gasteiger charge is 2.30. The molecule has 0 aromatic carbocycles. The van der Waals surface area contributed by atoms with Gasteiger partial charge in [-0.15, -0.1) is 0 Å². The van der Waals surface area contributed by atoms with E-state index in [-0.39, 0.29) is 25.7 Å². The average molecular weight is 1260 g/mol. The first-order valence-corrected chi connectivity index (χ1v) is 37.6. The Morgan fingerprint density at radius 1 is 0.318 bits per heavy atom. The van der Waals surface area contributed by atoms with Gasteiger partial charge in [0.15, 0.2) is 12.2 Å². The molecule has 0 aliphatic carbocycles. The molecule has 3 N–H and O–H groups in total. The summed E-state index contributed by atoms with van der Waals surface area (Å²) in [4.78, 5) is 72.0. The van der Waals surface area contributed by atoms with Crippen molar-refractivity contribution >= 4 is 39.5 Å². The van der Waals surface area contributed by atoms with Gasteiger partial charge >= 0.3 is 39.5 Å². The highest BCUT2D eigenvalue weighted by Crippen LogP contribution is 2.45. The van der Waals surface area contributed by atoms with E-state index in [2.05, 4.69) is 34.6 Å². The summed E-state index contributed by atoms with van der Waals surface area (Å²) in [5.41, 5.74) is 0. The van der Waals surface area contributed by atoms with Gasteiger partial charge in [-0.25, -0.2) is 9.13 Å². The molecule has 0 fully saturated rings. The van der Waals surface area contributed by atoms with Crippen LogP contribution in [0.15, 0.2) is 0 Å². The van der Waals surface area contributed by atoms with E-state index in [9.17, 15) is 43.2 Å². The van der Waals surface area contributed by atoms with Crippen LogP contribution in [-0.2, 0) is 65.4 Å². The Balaban J connectivity index is 5.06. The van der Waals surface area contributed by atoms with Crippen LogP contribution in [0, 0.1) is 5.92 Å². The molecule has 0 saturated heterocycles. The lowest BCUT2D eigenvalue weighted by atomic mass is 10.0. The molecular weight excluding hydrogens is 1130 g/mol. The van der Waals surface area contributed by atoms with Crippen LogP contribution in [0.25, 0.3) is 0 Å². The lowest BCUT2D eigenvalue weighted by Gasteiger charge is -2.21. The van der Waals surface area contributed by atoms with Gasteiger partial charge in [0.05, 0.1) is 26.4 Å². The summed E-state index contributed by atoms with van der Waals surface area (Å²) in [5, 5.41) is 10.5. The molecule has 0 rings (SSSR count). The van der Waals surface area contributed by atoms with Gasteiger partial charge in [0.2, 0.25) is 0 Å². The van der Waals surface area contributed by atoms with Crippen LogP contribution >= 0.6 is 15.6 Å². The van der Waals surface area contributed by atoms with Gasteiger partial charge in [-0.1, -0.05) is 285 Å². The Labute approximate surface area is 517 Å². The normalized spacial score (nSPS) is 14.2. The van der Waals surface area contributed by atoms with Crippen molar-refractivity contribution in [3.63, 3.8) is 0 Å². The second-order valence-corrected chi connectivity index (χ2v) is 27.2. The van der Waals surface area contributed by atoms with Crippen LogP contribution in [0.5, 0.6) is 0 Å². The van der Waals surface area contributed by atoms with E-state index in [4.69, 9.17) is 37.0 Å². The molecule has 0 aromatic heterocycles. The van der Waals surface area contributed by atoms with Crippen molar-refractivity contribution in [2.24, 2.45) is 5.92 Å². The number of aliphatic hydroxyl groups excluding tert-OH is 1. The number of phosphoric ester groups is 2. The lowest BCUT2D eigenvalue weighted by Crippen LogP contribution is -2.30. The molecular formula is C66H128O17P2. The number of hydrogen-bond donors (Lipinski definition) is 3. The third-order valence-corrected chi connectivity index (χ3v) is 17.2. The third kappa shape index (κ3) is 60.7. The first-order chi connectivity index (χ1) is 41.0. The van der Waals surface area contributed by atoms with Crippen LogP contribution in [0.4, 0.5) is 0 Å². The summed E-state index contributed by atoms with van der Waals surface area (Å²) >= 11 is 0. The summed E-state index contributed by atoms with van der Waals surface area (Å²) in [6.07, 6.45) is 44.8. The van der Waals surface area contributed by atoms with E-state index in [1.165, 1.54) is 141 Å².